The van der Waals surface area contributed by atoms with Crippen molar-refractivity contribution in [3.05, 3.63) is 17.0 Å². The highest BCUT2D eigenvalue weighted by atomic mass is 79.9. The Morgan fingerprint density at radius 2 is 2.38 bits per heavy atom. The molecule has 1 fully saturated rings. The van der Waals surface area contributed by atoms with Crippen molar-refractivity contribution < 1.29 is 0 Å². The van der Waals surface area contributed by atoms with Crippen molar-refractivity contribution in [2.45, 2.75) is 13.3 Å². The molecule has 3 nitrogen and oxygen atoms in total. The lowest BCUT2D eigenvalue weighted by Crippen LogP contribution is -2.05. The van der Waals surface area contributed by atoms with E-state index in [0.717, 1.165) is 28.8 Å². The van der Waals surface area contributed by atoms with Crippen molar-refractivity contribution >= 4 is 21.7 Å². The van der Waals surface area contributed by atoms with Gasteiger partial charge in [-0.3, -0.25) is 0 Å². The second-order valence-corrected chi connectivity index (χ2v) is 4.39. The first kappa shape index (κ1) is 8.94. The van der Waals surface area contributed by atoms with Gasteiger partial charge in [-0.1, -0.05) is 6.92 Å². The van der Waals surface area contributed by atoms with Crippen molar-refractivity contribution in [2.24, 2.45) is 11.8 Å². The molecule has 4 heteroatoms. The molecule has 0 saturated heterocycles. The number of anilines is 1. The average Bonchev–Trinajstić information content (AvgIpc) is 2.79. The minimum absolute atomic E-state index is 0.828. The van der Waals surface area contributed by atoms with Gasteiger partial charge in [-0.2, -0.15) is 0 Å². The summed E-state index contributed by atoms with van der Waals surface area (Å²) >= 11 is 3.31. The molecule has 1 N–H and O–H groups in total. The third-order valence-electron chi connectivity index (χ3n) is 2.46. The van der Waals surface area contributed by atoms with Crippen LogP contribution in [0, 0.1) is 11.8 Å². The highest BCUT2D eigenvalue weighted by Crippen LogP contribution is 2.37. The van der Waals surface area contributed by atoms with Crippen LogP contribution in [0.2, 0.25) is 0 Å². The lowest BCUT2D eigenvalue weighted by atomic mass is 10.3. The summed E-state index contributed by atoms with van der Waals surface area (Å²) in [7, 11) is 0. The lowest BCUT2D eigenvalue weighted by Gasteiger charge is -2.03. The molecule has 13 heavy (non-hydrogen) atoms. The summed E-state index contributed by atoms with van der Waals surface area (Å²) in [5.41, 5.74) is 0. The second kappa shape index (κ2) is 3.62. The van der Waals surface area contributed by atoms with Gasteiger partial charge in [-0.15, -0.1) is 0 Å². The standard InChI is InChI=1S/C9H12BrN3/c1-6-2-7(6)4-11-9-3-8(10)12-5-13-9/h3,5-7H,2,4H2,1H3,(H,11,12,13). The first-order chi connectivity index (χ1) is 6.25. The van der Waals surface area contributed by atoms with E-state index < -0.39 is 0 Å². The molecule has 0 aliphatic heterocycles. The largest absolute Gasteiger partial charge is 0.370 e. The van der Waals surface area contributed by atoms with Gasteiger partial charge in [-0.05, 0) is 34.2 Å². The molecule has 2 atom stereocenters. The summed E-state index contributed by atoms with van der Waals surface area (Å²) < 4.78 is 0.828. The van der Waals surface area contributed by atoms with E-state index in [1.807, 2.05) is 6.07 Å². The topological polar surface area (TPSA) is 37.8 Å². The Balaban J connectivity index is 1.87. The Labute approximate surface area is 86.1 Å². The Kier molecular flexibility index (Phi) is 2.49. The molecule has 1 aliphatic rings. The maximum atomic E-state index is 4.11. The van der Waals surface area contributed by atoms with Crippen LogP contribution < -0.4 is 5.32 Å². The highest BCUT2D eigenvalue weighted by Gasteiger charge is 2.31. The van der Waals surface area contributed by atoms with Gasteiger partial charge in [0, 0.05) is 12.6 Å². The van der Waals surface area contributed by atoms with Crippen LogP contribution in [0.25, 0.3) is 0 Å². The van der Waals surface area contributed by atoms with Crippen molar-refractivity contribution in [1.29, 1.82) is 0 Å². The SMILES string of the molecule is CC1CC1CNc1cc(Br)ncn1. The van der Waals surface area contributed by atoms with Gasteiger partial charge in [0.2, 0.25) is 0 Å². The molecule has 1 aromatic heterocycles. The first-order valence-electron chi connectivity index (χ1n) is 4.47. The number of nitrogens with zero attached hydrogens (tertiary/aromatic N) is 2. The Morgan fingerprint density at radius 1 is 1.62 bits per heavy atom. The Morgan fingerprint density at radius 3 is 3.00 bits per heavy atom. The monoisotopic (exact) mass is 241 g/mol. The lowest BCUT2D eigenvalue weighted by molar-refractivity contribution is 0.784. The zero-order valence-electron chi connectivity index (χ0n) is 7.50. The van der Waals surface area contributed by atoms with Gasteiger partial charge < -0.3 is 5.32 Å². The van der Waals surface area contributed by atoms with Gasteiger partial charge in [0.1, 0.15) is 16.7 Å². The minimum atomic E-state index is 0.828. The van der Waals surface area contributed by atoms with Crippen molar-refractivity contribution in [2.75, 3.05) is 11.9 Å². The molecule has 70 valence electrons. The van der Waals surface area contributed by atoms with Crippen LogP contribution in [0.3, 0.4) is 0 Å². The molecule has 2 unspecified atom stereocenters. The number of aromatic nitrogens is 2. The number of hydrogen-bond acceptors (Lipinski definition) is 3. The van der Waals surface area contributed by atoms with Gasteiger partial charge >= 0.3 is 0 Å². The zero-order chi connectivity index (χ0) is 9.26. The van der Waals surface area contributed by atoms with E-state index in [1.165, 1.54) is 6.42 Å². The zero-order valence-corrected chi connectivity index (χ0v) is 9.08. The van der Waals surface area contributed by atoms with Crippen molar-refractivity contribution in [3.8, 4) is 0 Å². The maximum absolute atomic E-state index is 4.11. The van der Waals surface area contributed by atoms with E-state index in [0.29, 0.717) is 0 Å². The summed E-state index contributed by atoms with van der Waals surface area (Å²) in [5.74, 6) is 2.63. The molecule has 1 heterocycles. The average molecular weight is 242 g/mol. The van der Waals surface area contributed by atoms with Crippen LogP contribution in [-0.4, -0.2) is 16.5 Å². The summed E-state index contributed by atoms with van der Waals surface area (Å²) in [6.07, 6.45) is 2.90. The molecule has 0 amide bonds. The van der Waals surface area contributed by atoms with Crippen LogP contribution in [0.15, 0.2) is 17.0 Å². The molecule has 1 aliphatic carbocycles. The number of nitrogens with one attached hydrogen (secondary N) is 1. The van der Waals surface area contributed by atoms with E-state index in [1.54, 1.807) is 6.33 Å². The highest BCUT2D eigenvalue weighted by molar-refractivity contribution is 9.10. The molecule has 1 saturated carbocycles. The van der Waals surface area contributed by atoms with Crippen molar-refractivity contribution in [1.82, 2.24) is 9.97 Å². The summed E-state index contributed by atoms with van der Waals surface area (Å²) in [6, 6.07) is 1.90. The number of halogens is 1. The second-order valence-electron chi connectivity index (χ2n) is 3.58. The summed E-state index contributed by atoms with van der Waals surface area (Å²) in [5, 5.41) is 3.30. The summed E-state index contributed by atoms with van der Waals surface area (Å²) in [6.45, 7) is 3.31. The van der Waals surface area contributed by atoms with Crippen LogP contribution in [0.4, 0.5) is 5.82 Å². The molecule has 0 radical (unpaired) electrons. The van der Waals surface area contributed by atoms with E-state index in [9.17, 15) is 0 Å². The van der Waals surface area contributed by atoms with Crippen molar-refractivity contribution in [3.63, 3.8) is 0 Å². The van der Waals surface area contributed by atoms with Crippen LogP contribution in [-0.2, 0) is 0 Å². The third-order valence-corrected chi connectivity index (χ3v) is 2.89. The fourth-order valence-corrected chi connectivity index (χ4v) is 1.66. The quantitative estimate of drug-likeness (QED) is 0.826. The smallest absolute Gasteiger partial charge is 0.130 e. The van der Waals surface area contributed by atoms with Crippen LogP contribution in [0.1, 0.15) is 13.3 Å². The predicted molar refractivity (Wildman–Crippen MR) is 55.5 cm³/mol. The molecular formula is C9H12BrN3. The molecular weight excluding hydrogens is 230 g/mol. The van der Waals surface area contributed by atoms with Gasteiger partial charge in [-0.25, -0.2) is 9.97 Å². The Hall–Kier alpha value is -0.640. The molecule has 0 aromatic carbocycles. The first-order valence-corrected chi connectivity index (χ1v) is 5.26. The minimum Gasteiger partial charge on any atom is -0.370 e. The van der Waals surface area contributed by atoms with E-state index >= 15 is 0 Å². The maximum Gasteiger partial charge on any atom is 0.130 e. The van der Waals surface area contributed by atoms with Gasteiger partial charge in [0.25, 0.3) is 0 Å². The molecule has 0 bridgehead atoms. The fraction of sp³-hybridized carbons (Fsp3) is 0.556. The molecule has 1 aromatic rings. The van der Waals surface area contributed by atoms with Gasteiger partial charge in [0.05, 0.1) is 0 Å². The summed E-state index contributed by atoms with van der Waals surface area (Å²) in [4.78, 5) is 8.08. The predicted octanol–water partition coefficient (Wildman–Crippen LogP) is 2.31. The Bertz CT molecular complexity index is 303. The van der Waals surface area contributed by atoms with Gasteiger partial charge in [0.15, 0.2) is 0 Å². The van der Waals surface area contributed by atoms with Crippen LogP contribution in [0.5, 0.6) is 0 Å². The third kappa shape index (κ3) is 2.40. The number of hydrogen-bond donors (Lipinski definition) is 1. The molecule has 2 rings (SSSR count). The molecule has 0 spiro atoms. The number of rotatable bonds is 3. The van der Waals surface area contributed by atoms with Crippen LogP contribution >= 0.6 is 15.9 Å². The normalized spacial score (nSPS) is 25.7. The van der Waals surface area contributed by atoms with E-state index in [-0.39, 0.29) is 0 Å². The fourth-order valence-electron chi connectivity index (χ4n) is 1.35. The van der Waals surface area contributed by atoms with E-state index in [4.69, 9.17) is 0 Å². The van der Waals surface area contributed by atoms with E-state index in [2.05, 4.69) is 38.1 Å².